The van der Waals surface area contributed by atoms with Gasteiger partial charge in [-0.25, -0.2) is 0 Å². The molecule has 1 aromatic heterocycles. The number of hydrogen-bond acceptors (Lipinski definition) is 1. The summed E-state index contributed by atoms with van der Waals surface area (Å²) in [6.07, 6.45) is 4.96. The Morgan fingerprint density at radius 1 is 1.04 bits per heavy atom. The molecule has 0 unspecified atom stereocenters. The molecule has 0 aliphatic carbocycles. The van der Waals surface area contributed by atoms with Crippen LogP contribution in [-0.4, -0.2) is 28.9 Å². The minimum absolute atomic E-state index is 0.0361. The van der Waals surface area contributed by atoms with Crippen LogP contribution < -0.4 is 0 Å². The predicted octanol–water partition coefficient (Wildman–Crippen LogP) is 5.40. The molecule has 0 saturated carbocycles. The zero-order valence-electron chi connectivity index (χ0n) is 13.4. The highest BCUT2D eigenvalue weighted by molar-refractivity contribution is 6.31. The van der Waals surface area contributed by atoms with Crippen LogP contribution in [0.25, 0.3) is 16.5 Å². The molecule has 0 spiro atoms. The van der Waals surface area contributed by atoms with E-state index in [0.29, 0.717) is 23.7 Å². The highest BCUT2D eigenvalue weighted by Crippen LogP contribution is 2.31. The second-order valence-electron chi connectivity index (χ2n) is 6.13. The normalized spacial score (nSPS) is 14.6. The van der Waals surface area contributed by atoms with Crippen LogP contribution in [-0.2, 0) is 0 Å². The van der Waals surface area contributed by atoms with Gasteiger partial charge in [0.05, 0.1) is 0 Å². The zero-order valence-corrected chi connectivity index (χ0v) is 14.9. The molecule has 1 amide bonds. The Morgan fingerprint density at radius 3 is 2.52 bits per heavy atom. The maximum Gasteiger partial charge on any atom is 0.254 e. The first-order valence-corrected chi connectivity index (χ1v) is 8.88. The van der Waals surface area contributed by atoms with Crippen molar-refractivity contribution < 1.29 is 4.79 Å². The quantitative estimate of drug-likeness (QED) is 0.643. The van der Waals surface area contributed by atoms with Gasteiger partial charge in [0.1, 0.15) is 0 Å². The number of benzene rings is 2. The number of H-pyrrole nitrogens is 1. The van der Waals surface area contributed by atoms with Gasteiger partial charge in [-0.3, -0.25) is 4.79 Å². The summed E-state index contributed by atoms with van der Waals surface area (Å²) in [6.45, 7) is 1.30. The highest BCUT2D eigenvalue weighted by atomic mass is 35.5. The van der Waals surface area contributed by atoms with Crippen molar-refractivity contribution in [3.63, 3.8) is 0 Å². The SMILES string of the molecule is O=C(c1ccc(Cl)cc1)N1CC=C(c2c[nH]c3ccc(Cl)cc23)CC1. The first-order chi connectivity index (χ1) is 12.1. The Morgan fingerprint density at radius 2 is 1.80 bits per heavy atom. The molecule has 0 fully saturated rings. The van der Waals surface area contributed by atoms with Gasteiger partial charge in [-0.15, -0.1) is 0 Å². The Labute approximate surface area is 155 Å². The van der Waals surface area contributed by atoms with Gasteiger partial charge in [0, 0.05) is 51.4 Å². The first-order valence-electron chi connectivity index (χ1n) is 8.13. The van der Waals surface area contributed by atoms with Crippen molar-refractivity contribution in [2.45, 2.75) is 6.42 Å². The fourth-order valence-electron chi connectivity index (χ4n) is 3.23. The number of rotatable bonds is 2. The van der Waals surface area contributed by atoms with Gasteiger partial charge in [-0.1, -0.05) is 29.3 Å². The van der Waals surface area contributed by atoms with Gasteiger partial charge in [0.25, 0.3) is 5.91 Å². The Bertz CT molecular complexity index is 973. The van der Waals surface area contributed by atoms with Crippen LogP contribution in [0.1, 0.15) is 22.3 Å². The highest BCUT2D eigenvalue weighted by Gasteiger charge is 2.20. The smallest absolute Gasteiger partial charge is 0.254 e. The lowest BCUT2D eigenvalue weighted by atomic mass is 9.98. The molecular formula is C20H16Cl2N2O. The van der Waals surface area contributed by atoms with Crippen LogP contribution in [0.3, 0.4) is 0 Å². The molecule has 2 aromatic carbocycles. The van der Waals surface area contributed by atoms with Crippen molar-refractivity contribution in [1.82, 2.24) is 9.88 Å². The van der Waals surface area contributed by atoms with Crippen LogP contribution in [0.5, 0.6) is 0 Å². The molecule has 25 heavy (non-hydrogen) atoms. The Hall–Kier alpha value is -2.23. The maximum absolute atomic E-state index is 12.6. The Balaban J connectivity index is 1.56. The van der Waals surface area contributed by atoms with Crippen molar-refractivity contribution in [2.24, 2.45) is 0 Å². The van der Waals surface area contributed by atoms with E-state index in [-0.39, 0.29) is 5.91 Å². The van der Waals surface area contributed by atoms with Crippen LogP contribution in [0.2, 0.25) is 10.0 Å². The van der Waals surface area contributed by atoms with Crippen molar-refractivity contribution in [3.8, 4) is 0 Å². The largest absolute Gasteiger partial charge is 0.361 e. The second-order valence-corrected chi connectivity index (χ2v) is 7.00. The van der Waals surface area contributed by atoms with Gasteiger partial charge in [-0.05, 0) is 54.5 Å². The average molecular weight is 371 g/mol. The molecule has 3 aromatic rings. The number of fused-ring (bicyclic) bond motifs is 1. The van der Waals surface area contributed by atoms with Gasteiger partial charge in [0.2, 0.25) is 0 Å². The van der Waals surface area contributed by atoms with Crippen molar-refractivity contribution in [3.05, 3.63) is 75.9 Å². The third-order valence-corrected chi connectivity index (χ3v) is 5.06. The lowest BCUT2D eigenvalue weighted by Crippen LogP contribution is -2.34. The second kappa shape index (κ2) is 6.58. The number of aromatic nitrogens is 1. The van der Waals surface area contributed by atoms with Gasteiger partial charge in [-0.2, -0.15) is 0 Å². The third-order valence-electron chi connectivity index (χ3n) is 4.58. The molecule has 5 heteroatoms. The molecule has 1 aliphatic heterocycles. The Kier molecular flexibility index (Phi) is 4.28. The first kappa shape index (κ1) is 16.2. The fourth-order valence-corrected chi connectivity index (χ4v) is 3.53. The fraction of sp³-hybridized carbons (Fsp3) is 0.150. The van der Waals surface area contributed by atoms with Crippen LogP contribution in [0, 0.1) is 0 Å². The molecule has 1 N–H and O–H groups in total. The summed E-state index contributed by atoms with van der Waals surface area (Å²) in [6, 6.07) is 12.9. The lowest BCUT2D eigenvalue weighted by molar-refractivity contribution is 0.0773. The van der Waals surface area contributed by atoms with E-state index in [4.69, 9.17) is 23.2 Å². The average Bonchev–Trinajstić information content (AvgIpc) is 3.05. The number of hydrogen-bond donors (Lipinski definition) is 1. The molecule has 4 rings (SSSR count). The van der Waals surface area contributed by atoms with E-state index in [1.54, 1.807) is 24.3 Å². The van der Waals surface area contributed by atoms with E-state index in [2.05, 4.69) is 11.1 Å². The summed E-state index contributed by atoms with van der Waals surface area (Å²) in [5.41, 5.74) is 4.14. The van der Waals surface area contributed by atoms with E-state index in [1.165, 1.54) is 5.57 Å². The van der Waals surface area contributed by atoms with E-state index < -0.39 is 0 Å². The molecule has 126 valence electrons. The number of nitrogens with zero attached hydrogens (tertiary/aromatic N) is 1. The maximum atomic E-state index is 12.6. The molecular weight excluding hydrogens is 355 g/mol. The van der Waals surface area contributed by atoms with E-state index >= 15 is 0 Å². The van der Waals surface area contributed by atoms with Crippen molar-refractivity contribution in [1.29, 1.82) is 0 Å². The number of nitrogens with one attached hydrogen (secondary N) is 1. The molecule has 0 atom stereocenters. The summed E-state index contributed by atoms with van der Waals surface area (Å²) in [7, 11) is 0. The number of aromatic amines is 1. The van der Waals surface area contributed by atoms with Crippen LogP contribution in [0.15, 0.2) is 54.7 Å². The summed E-state index contributed by atoms with van der Waals surface area (Å²) in [5.74, 6) is 0.0361. The zero-order chi connectivity index (χ0) is 17.4. The van der Waals surface area contributed by atoms with Crippen molar-refractivity contribution in [2.75, 3.05) is 13.1 Å². The molecule has 3 nitrogen and oxygen atoms in total. The third kappa shape index (κ3) is 3.17. The summed E-state index contributed by atoms with van der Waals surface area (Å²) in [5, 5.41) is 2.48. The molecule has 0 radical (unpaired) electrons. The van der Waals surface area contributed by atoms with E-state index in [0.717, 1.165) is 27.9 Å². The standard InChI is InChI=1S/C20H16Cl2N2O/c21-15-3-1-14(2-4-15)20(25)24-9-7-13(8-10-24)18-12-23-19-6-5-16(22)11-17(18)19/h1-7,11-12,23H,8-10H2. The van der Waals surface area contributed by atoms with Crippen LogP contribution in [0.4, 0.5) is 0 Å². The topological polar surface area (TPSA) is 36.1 Å². The number of carbonyl (C=O) groups is 1. The van der Waals surface area contributed by atoms with E-state index in [1.807, 2.05) is 29.3 Å². The molecule has 2 heterocycles. The lowest BCUT2D eigenvalue weighted by Gasteiger charge is -2.26. The van der Waals surface area contributed by atoms with Crippen molar-refractivity contribution >= 4 is 45.6 Å². The van der Waals surface area contributed by atoms with Gasteiger partial charge in [0.15, 0.2) is 0 Å². The number of amides is 1. The predicted molar refractivity (Wildman–Crippen MR) is 103 cm³/mol. The summed E-state index contributed by atoms with van der Waals surface area (Å²) >= 11 is 12.0. The molecule has 1 aliphatic rings. The summed E-state index contributed by atoms with van der Waals surface area (Å²) in [4.78, 5) is 17.7. The number of carbonyl (C=O) groups excluding carboxylic acids is 1. The van der Waals surface area contributed by atoms with Crippen LogP contribution >= 0.6 is 23.2 Å². The number of halogens is 2. The molecule has 0 bridgehead atoms. The van der Waals surface area contributed by atoms with Gasteiger partial charge >= 0.3 is 0 Å². The minimum Gasteiger partial charge on any atom is -0.361 e. The van der Waals surface area contributed by atoms with E-state index in [9.17, 15) is 4.79 Å². The van der Waals surface area contributed by atoms with Gasteiger partial charge < -0.3 is 9.88 Å². The summed E-state index contributed by atoms with van der Waals surface area (Å²) < 4.78 is 0. The monoisotopic (exact) mass is 370 g/mol. The minimum atomic E-state index is 0.0361. The molecule has 0 saturated heterocycles.